The summed E-state index contributed by atoms with van der Waals surface area (Å²) >= 11 is 1.49. The summed E-state index contributed by atoms with van der Waals surface area (Å²) in [5.74, 6) is -0.422. The minimum atomic E-state index is -0.716. The van der Waals surface area contributed by atoms with Gasteiger partial charge in [-0.25, -0.2) is 18.6 Å². The number of rotatable bonds is 6. The summed E-state index contributed by atoms with van der Waals surface area (Å²) in [5.41, 5.74) is 5.61. The van der Waals surface area contributed by atoms with E-state index in [9.17, 15) is 18.4 Å². The summed E-state index contributed by atoms with van der Waals surface area (Å²) < 4.78 is 34.2. The van der Waals surface area contributed by atoms with E-state index in [0.29, 0.717) is 60.4 Å². The Balaban J connectivity index is 1.24. The molecule has 9 rings (SSSR count). The zero-order valence-electron chi connectivity index (χ0n) is 24.9. The molecule has 1 N–H and O–H groups in total. The van der Waals surface area contributed by atoms with Gasteiger partial charge in [0, 0.05) is 41.8 Å². The fraction of sp³-hybridized carbons (Fsp3) is 0.229. The topological polar surface area (TPSA) is 108 Å². The summed E-state index contributed by atoms with van der Waals surface area (Å²) in [6.07, 6.45) is 4.46. The standard InChI is InChI=1S/C35H26F2N6O3S/c36-21-9-6-18(7-10-21)8-11-24-27(32-40-35(45)46-41-32)28(29-30(39-24)25-5-2-14-43(25)34(29)44)26-15-19-12-13-38-33(31(19)47-26)42-16-20-3-1-4-23(37)22(20)17-42/h1,3-4,6-7,9-10,12-13,15,25H,2,5,8,11,14,16-17H2,(H,40,41,45)/t25-/m1/s1. The minimum absolute atomic E-state index is 0.0940. The number of thiophene rings is 1. The maximum Gasteiger partial charge on any atom is 0.439 e. The molecule has 0 spiro atoms. The van der Waals surface area contributed by atoms with E-state index in [1.54, 1.807) is 24.4 Å². The molecule has 234 valence electrons. The Hall–Kier alpha value is -5.23. The number of hydrogen-bond donors (Lipinski definition) is 1. The van der Waals surface area contributed by atoms with E-state index >= 15 is 0 Å². The lowest BCUT2D eigenvalue weighted by atomic mass is 9.92. The smallest absolute Gasteiger partial charge is 0.347 e. The molecule has 0 aliphatic carbocycles. The lowest BCUT2D eigenvalue weighted by Crippen LogP contribution is -2.22. The van der Waals surface area contributed by atoms with Crippen LogP contribution in [0.1, 0.15) is 57.3 Å². The van der Waals surface area contributed by atoms with E-state index in [1.165, 1.54) is 29.5 Å². The lowest BCUT2D eigenvalue weighted by molar-refractivity contribution is 0.0776. The molecule has 7 heterocycles. The number of nitrogens with one attached hydrogen (secondary N) is 1. The maximum absolute atomic E-state index is 14.7. The van der Waals surface area contributed by atoms with Gasteiger partial charge in [0.05, 0.1) is 33.3 Å². The number of benzene rings is 2. The Morgan fingerprint density at radius 3 is 2.68 bits per heavy atom. The predicted octanol–water partition coefficient (Wildman–Crippen LogP) is 6.58. The summed E-state index contributed by atoms with van der Waals surface area (Å²) in [7, 11) is 0. The Morgan fingerprint density at radius 2 is 1.87 bits per heavy atom. The zero-order valence-corrected chi connectivity index (χ0v) is 25.7. The van der Waals surface area contributed by atoms with Crippen LogP contribution in [0.4, 0.5) is 14.6 Å². The third-order valence-corrected chi connectivity index (χ3v) is 10.6. The van der Waals surface area contributed by atoms with Crippen molar-refractivity contribution in [2.45, 2.75) is 44.8 Å². The van der Waals surface area contributed by atoms with Crippen molar-refractivity contribution >= 4 is 33.1 Å². The van der Waals surface area contributed by atoms with Crippen molar-refractivity contribution in [1.82, 2.24) is 25.0 Å². The van der Waals surface area contributed by atoms with Crippen molar-refractivity contribution in [3.05, 3.63) is 117 Å². The van der Waals surface area contributed by atoms with Gasteiger partial charge in [0.15, 0.2) is 5.82 Å². The third-order valence-electron chi connectivity index (χ3n) is 9.47. The first-order chi connectivity index (χ1) is 22.9. The summed E-state index contributed by atoms with van der Waals surface area (Å²) in [4.78, 5) is 43.7. The number of carbonyl (C=O) groups excluding carboxylic acids is 1. The molecule has 2 aromatic carbocycles. The van der Waals surface area contributed by atoms with E-state index in [0.717, 1.165) is 50.4 Å². The second-order valence-electron chi connectivity index (χ2n) is 12.2. The van der Waals surface area contributed by atoms with E-state index in [2.05, 4.69) is 15.0 Å². The molecule has 0 bridgehead atoms. The van der Waals surface area contributed by atoms with Crippen molar-refractivity contribution in [3.63, 3.8) is 0 Å². The molecule has 12 heteroatoms. The number of aromatic nitrogens is 4. The van der Waals surface area contributed by atoms with Crippen LogP contribution in [0.3, 0.4) is 0 Å². The van der Waals surface area contributed by atoms with Gasteiger partial charge in [-0.3, -0.25) is 19.3 Å². The largest absolute Gasteiger partial charge is 0.439 e. The first-order valence-electron chi connectivity index (χ1n) is 15.5. The summed E-state index contributed by atoms with van der Waals surface area (Å²) in [5, 5.41) is 5.01. The fourth-order valence-electron chi connectivity index (χ4n) is 7.31. The molecule has 6 aromatic rings. The molecule has 0 saturated carbocycles. The molecule has 47 heavy (non-hydrogen) atoms. The second-order valence-corrected chi connectivity index (χ2v) is 13.2. The number of fused-ring (bicyclic) bond motifs is 5. The number of pyridine rings is 2. The number of amides is 1. The van der Waals surface area contributed by atoms with Crippen LogP contribution < -0.4 is 10.7 Å². The van der Waals surface area contributed by atoms with Crippen LogP contribution in [-0.2, 0) is 25.9 Å². The minimum Gasteiger partial charge on any atom is -0.347 e. The highest BCUT2D eigenvalue weighted by Crippen LogP contribution is 2.50. The number of H-pyrrole nitrogens is 1. The van der Waals surface area contributed by atoms with Gasteiger partial charge in [0.25, 0.3) is 5.91 Å². The lowest BCUT2D eigenvalue weighted by Gasteiger charge is -2.17. The molecule has 9 nitrogen and oxygen atoms in total. The molecule has 0 radical (unpaired) electrons. The van der Waals surface area contributed by atoms with Gasteiger partial charge in [0.1, 0.15) is 17.5 Å². The number of nitrogens with zero attached hydrogens (tertiary/aromatic N) is 5. The Bertz CT molecular complexity index is 2300. The normalized spacial score (nSPS) is 16.7. The molecule has 0 unspecified atom stereocenters. The first kappa shape index (κ1) is 28.0. The van der Waals surface area contributed by atoms with Crippen LogP contribution in [0.15, 0.2) is 70.1 Å². The number of halogens is 2. The van der Waals surface area contributed by atoms with Crippen LogP contribution in [0.2, 0.25) is 0 Å². The molecule has 3 aliphatic rings. The third kappa shape index (κ3) is 4.49. The molecular formula is C35H26F2N6O3S. The summed E-state index contributed by atoms with van der Waals surface area (Å²) in [6, 6.07) is 15.3. The first-order valence-corrected chi connectivity index (χ1v) is 16.3. The molecule has 1 fully saturated rings. The number of anilines is 1. The van der Waals surface area contributed by atoms with Gasteiger partial charge in [0.2, 0.25) is 0 Å². The van der Waals surface area contributed by atoms with E-state index in [1.807, 2.05) is 23.1 Å². The molecule has 1 amide bonds. The SMILES string of the molecule is O=C1c2c(nc(CCc3ccc(F)cc3)c(-c3noc(=O)[nH]3)c2-c2cc3ccnc(N4Cc5cccc(F)c5C4)c3s2)[C@H]2CCCN12. The van der Waals surface area contributed by atoms with Crippen LogP contribution in [-0.4, -0.2) is 37.5 Å². The molecule has 1 saturated heterocycles. The quantitative estimate of drug-likeness (QED) is 0.218. The number of hydrogen-bond acceptors (Lipinski definition) is 8. The Labute approximate surface area is 270 Å². The highest BCUT2D eigenvalue weighted by Gasteiger charge is 2.44. The average Bonchev–Trinajstić information content (AvgIpc) is 3.90. The van der Waals surface area contributed by atoms with Gasteiger partial charge in [-0.2, -0.15) is 0 Å². The van der Waals surface area contributed by atoms with Gasteiger partial charge in [-0.1, -0.05) is 29.4 Å². The molecule has 4 aromatic heterocycles. The van der Waals surface area contributed by atoms with Crippen molar-refractivity contribution in [2.75, 3.05) is 11.4 Å². The number of aromatic amines is 1. The Morgan fingerprint density at radius 1 is 1.00 bits per heavy atom. The van der Waals surface area contributed by atoms with Crippen molar-refractivity contribution < 1.29 is 18.1 Å². The molecular weight excluding hydrogens is 622 g/mol. The van der Waals surface area contributed by atoms with E-state index < -0.39 is 5.76 Å². The Kier molecular flexibility index (Phi) is 6.36. The van der Waals surface area contributed by atoms with Crippen LogP contribution >= 0.6 is 11.3 Å². The van der Waals surface area contributed by atoms with Crippen LogP contribution in [0.5, 0.6) is 0 Å². The van der Waals surface area contributed by atoms with E-state index in [4.69, 9.17) is 14.5 Å². The highest BCUT2D eigenvalue weighted by atomic mass is 32.1. The molecule has 1 atom stereocenters. The number of aryl methyl sites for hydroxylation is 2. The van der Waals surface area contributed by atoms with E-state index in [-0.39, 0.29) is 29.4 Å². The maximum atomic E-state index is 14.7. The zero-order chi connectivity index (χ0) is 31.8. The predicted molar refractivity (Wildman–Crippen MR) is 172 cm³/mol. The summed E-state index contributed by atoms with van der Waals surface area (Å²) in [6.45, 7) is 1.58. The van der Waals surface area contributed by atoms with Crippen LogP contribution in [0, 0.1) is 11.6 Å². The average molecular weight is 649 g/mol. The fourth-order valence-corrected chi connectivity index (χ4v) is 8.54. The molecule has 3 aliphatic heterocycles. The van der Waals surface area contributed by atoms with Crippen LogP contribution in [0.25, 0.3) is 31.9 Å². The number of carbonyl (C=O) groups is 1. The van der Waals surface area contributed by atoms with Crippen molar-refractivity contribution in [1.29, 1.82) is 0 Å². The van der Waals surface area contributed by atoms with Crippen molar-refractivity contribution in [2.24, 2.45) is 0 Å². The van der Waals surface area contributed by atoms with Gasteiger partial charge in [-0.05, 0) is 72.5 Å². The van der Waals surface area contributed by atoms with Gasteiger partial charge in [-0.15, -0.1) is 11.3 Å². The van der Waals surface area contributed by atoms with Gasteiger partial charge >= 0.3 is 5.76 Å². The highest BCUT2D eigenvalue weighted by molar-refractivity contribution is 7.23. The van der Waals surface area contributed by atoms with Crippen molar-refractivity contribution in [3.8, 4) is 21.8 Å². The monoisotopic (exact) mass is 648 g/mol. The second kappa shape index (κ2) is 10.7. The van der Waals surface area contributed by atoms with Gasteiger partial charge < -0.3 is 9.80 Å².